The number of hydrogen-bond acceptors (Lipinski definition) is 3. The summed E-state index contributed by atoms with van der Waals surface area (Å²) in [5, 5.41) is 4.26. The maximum atomic E-state index is 4.26. The molecule has 0 radical (unpaired) electrons. The zero-order valence-electron chi connectivity index (χ0n) is 13.2. The number of piperazine rings is 1. The third-order valence-corrected chi connectivity index (χ3v) is 4.31. The van der Waals surface area contributed by atoms with E-state index in [0.29, 0.717) is 6.04 Å². The molecule has 0 amide bonds. The van der Waals surface area contributed by atoms with Crippen LogP contribution in [0.1, 0.15) is 18.1 Å². The molecular formula is C17H24N4. The van der Waals surface area contributed by atoms with E-state index in [1.54, 1.807) is 0 Å². The molecule has 0 spiro atoms. The number of aryl methyl sites for hydroxylation is 2. The summed E-state index contributed by atoms with van der Waals surface area (Å²) in [6.45, 7) is 8.73. The standard InChI is InChI=1S/C17H24N4/c1-14-4-6-17(7-5-14)21-9-8-20(15(2)11-21)13-16-10-18-19(3)12-16/h4-7,10,12,15H,8-9,11,13H2,1-3H3/t15-/m0/s1. The first-order valence-corrected chi connectivity index (χ1v) is 7.65. The van der Waals surface area contributed by atoms with Gasteiger partial charge in [0.2, 0.25) is 0 Å². The van der Waals surface area contributed by atoms with Crippen molar-refractivity contribution in [1.29, 1.82) is 0 Å². The van der Waals surface area contributed by atoms with Crippen LogP contribution in [-0.2, 0) is 13.6 Å². The van der Waals surface area contributed by atoms with Crippen molar-refractivity contribution in [1.82, 2.24) is 14.7 Å². The molecule has 0 saturated carbocycles. The molecule has 1 aromatic carbocycles. The number of benzene rings is 1. The number of nitrogens with zero attached hydrogens (tertiary/aromatic N) is 4. The number of aromatic nitrogens is 2. The minimum atomic E-state index is 0.556. The second-order valence-corrected chi connectivity index (χ2v) is 6.12. The number of rotatable bonds is 3. The van der Waals surface area contributed by atoms with Gasteiger partial charge < -0.3 is 4.90 Å². The van der Waals surface area contributed by atoms with Gasteiger partial charge in [-0.05, 0) is 26.0 Å². The van der Waals surface area contributed by atoms with Gasteiger partial charge in [-0.25, -0.2) is 0 Å². The van der Waals surface area contributed by atoms with Gasteiger partial charge in [-0.3, -0.25) is 9.58 Å². The molecule has 21 heavy (non-hydrogen) atoms. The molecule has 2 aromatic rings. The lowest BCUT2D eigenvalue weighted by atomic mass is 10.1. The molecule has 2 heterocycles. The van der Waals surface area contributed by atoms with E-state index in [0.717, 1.165) is 26.2 Å². The average molecular weight is 284 g/mol. The Labute approximate surface area is 127 Å². The summed E-state index contributed by atoms with van der Waals surface area (Å²) in [6.07, 6.45) is 4.08. The van der Waals surface area contributed by atoms with Crippen LogP contribution in [0.15, 0.2) is 36.7 Å². The van der Waals surface area contributed by atoms with Crippen molar-refractivity contribution in [3.05, 3.63) is 47.8 Å². The van der Waals surface area contributed by atoms with E-state index in [9.17, 15) is 0 Å². The smallest absolute Gasteiger partial charge is 0.0534 e. The fourth-order valence-electron chi connectivity index (χ4n) is 3.01. The molecule has 3 rings (SSSR count). The average Bonchev–Trinajstić information content (AvgIpc) is 2.87. The van der Waals surface area contributed by atoms with E-state index in [-0.39, 0.29) is 0 Å². The Morgan fingerprint density at radius 1 is 1.19 bits per heavy atom. The molecule has 1 saturated heterocycles. The monoisotopic (exact) mass is 284 g/mol. The highest BCUT2D eigenvalue weighted by Crippen LogP contribution is 2.20. The van der Waals surface area contributed by atoms with Crippen LogP contribution in [0, 0.1) is 6.92 Å². The van der Waals surface area contributed by atoms with E-state index >= 15 is 0 Å². The van der Waals surface area contributed by atoms with E-state index < -0.39 is 0 Å². The predicted octanol–water partition coefficient (Wildman–Crippen LogP) is 2.44. The van der Waals surface area contributed by atoms with Gasteiger partial charge in [0.1, 0.15) is 0 Å². The molecule has 1 aliphatic heterocycles. The molecule has 4 heteroatoms. The lowest BCUT2D eigenvalue weighted by Gasteiger charge is -2.41. The molecule has 1 fully saturated rings. The number of anilines is 1. The van der Waals surface area contributed by atoms with Crippen LogP contribution in [-0.4, -0.2) is 40.4 Å². The summed E-state index contributed by atoms with van der Waals surface area (Å²) in [4.78, 5) is 5.03. The lowest BCUT2D eigenvalue weighted by molar-refractivity contribution is 0.181. The highest BCUT2D eigenvalue weighted by Gasteiger charge is 2.24. The minimum Gasteiger partial charge on any atom is -0.369 e. The normalized spacial score (nSPS) is 20.0. The third kappa shape index (κ3) is 3.27. The van der Waals surface area contributed by atoms with Crippen molar-refractivity contribution in [3.63, 3.8) is 0 Å². The van der Waals surface area contributed by atoms with Gasteiger partial charge in [-0.1, -0.05) is 17.7 Å². The molecule has 0 bridgehead atoms. The Kier molecular flexibility index (Phi) is 3.97. The Balaban J connectivity index is 1.62. The van der Waals surface area contributed by atoms with Crippen LogP contribution in [0.4, 0.5) is 5.69 Å². The summed E-state index contributed by atoms with van der Waals surface area (Å²) < 4.78 is 1.88. The summed E-state index contributed by atoms with van der Waals surface area (Å²) in [5.74, 6) is 0. The SMILES string of the molecule is Cc1ccc(N2CCN(Cc3cnn(C)c3)[C@@H](C)C2)cc1. The third-order valence-electron chi connectivity index (χ3n) is 4.31. The first-order valence-electron chi connectivity index (χ1n) is 7.65. The van der Waals surface area contributed by atoms with Crippen molar-refractivity contribution >= 4 is 5.69 Å². The van der Waals surface area contributed by atoms with E-state index in [1.807, 2.05) is 17.9 Å². The summed E-state index contributed by atoms with van der Waals surface area (Å²) in [6, 6.07) is 9.42. The van der Waals surface area contributed by atoms with Gasteiger partial charge in [0.25, 0.3) is 0 Å². The summed E-state index contributed by atoms with van der Waals surface area (Å²) in [5.41, 5.74) is 3.96. The van der Waals surface area contributed by atoms with Gasteiger partial charge in [0.15, 0.2) is 0 Å². The lowest BCUT2D eigenvalue weighted by Crippen LogP contribution is -2.51. The maximum absolute atomic E-state index is 4.26. The van der Waals surface area contributed by atoms with Gasteiger partial charge in [-0.2, -0.15) is 5.10 Å². The van der Waals surface area contributed by atoms with Crippen LogP contribution >= 0.6 is 0 Å². The number of hydrogen-bond donors (Lipinski definition) is 0. The largest absolute Gasteiger partial charge is 0.369 e. The van der Waals surface area contributed by atoms with E-state index in [1.165, 1.54) is 16.8 Å². The van der Waals surface area contributed by atoms with Crippen molar-refractivity contribution in [2.24, 2.45) is 7.05 Å². The zero-order chi connectivity index (χ0) is 14.8. The van der Waals surface area contributed by atoms with Crippen molar-refractivity contribution in [3.8, 4) is 0 Å². The molecular weight excluding hydrogens is 260 g/mol. The van der Waals surface area contributed by atoms with Crippen LogP contribution in [0.5, 0.6) is 0 Å². The van der Waals surface area contributed by atoms with Crippen molar-refractivity contribution in [2.45, 2.75) is 26.4 Å². The van der Waals surface area contributed by atoms with Crippen molar-refractivity contribution < 1.29 is 0 Å². The molecule has 112 valence electrons. The fourth-order valence-corrected chi connectivity index (χ4v) is 3.01. The summed E-state index contributed by atoms with van der Waals surface area (Å²) in [7, 11) is 1.97. The second-order valence-electron chi connectivity index (χ2n) is 6.12. The fraction of sp³-hybridized carbons (Fsp3) is 0.471. The van der Waals surface area contributed by atoms with Crippen LogP contribution in [0.3, 0.4) is 0 Å². The van der Waals surface area contributed by atoms with Crippen LogP contribution in [0.2, 0.25) is 0 Å². The van der Waals surface area contributed by atoms with Gasteiger partial charge in [-0.15, -0.1) is 0 Å². The molecule has 0 N–H and O–H groups in total. The molecule has 4 nitrogen and oxygen atoms in total. The highest BCUT2D eigenvalue weighted by atomic mass is 15.3. The Morgan fingerprint density at radius 3 is 2.57 bits per heavy atom. The predicted molar refractivity (Wildman–Crippen MR) is 86.5 cm³/mol. The quantitative estimate of drug-likeness (QED) is 0.865. The second kappa shape index (κ2) is 5.90. The topological polar surface area (TPSA) is 24.3 Å². The van der Waals surface area contributed by atoms with Crippen molar-refractivity contribution in [2.75, 3.05) is 24.5 Å². The van der Waals surface area contributed by atoms with Gasteiger partial charge >= 0.3 is 0 Å². The van der Waals surface area contributed by atoms with Gasteiger partial charge in [0, 0.05) is 56.7 Å². The maximum Gasteiger partial charge on any atom is 0.0534 e. The molecule has 0 aliphatic carbocycles. The first-order chi connectivity index (χ1) is 10.1. The van der Waals surface area contributed by atoms with Gasteiger partial charge in [0.05, 0.1) is 6.20 Å². The molecule has 0 unspecified atom stereocenters. The molecule has 1 aromatic heterocycles. The Bertz CT molecular complexity index is 587. The minimum absolute atomic E-state index is 0.556. The van der Waals surface area contributed by atoms with E-state index in [4.69, 9.17) is 0 Å². The zero-order valence-corrected chi connectivity index (χ0v) is 13.2. The van der Waals surface area contributed by atoms with Crippen LogP contribution in [0.25, 0.3) is 0 Å². The highest BCUT2D eigenvalue weighted by molar-refractivity contribution is 5.48. The Hall–Kier alpha value is -1.81. The molecule has 1 atom stereocenters. The summed E-state index contributed by atoms with van der Waals surface area (Å²) >= 11 is 0. The first kappa shape index (κ1) is 14.1. The Morgan fingerprint density at radius 2 is 1.95 bits per heavy atom. The molecule has 1 aliphatic rings. The van der Waals surface area contributed by atoms with Crippen LogP contribution < -0.4 is 4.90 Å². The van der Waals surface area contributed by atoms with E-state index in [2.05, 4.69) is 59.2 Å².